The van der Waals surface area contributed by atoms with Gasteiger partial charge in [-0.2, -0.15) is 0 Å². The number of ether oxygens (including phenoxy) is 2. The van der Waals surface area contributed by atoms with Gasteiger partial charge in [-0.15, -0.1) is 0 Å². The SMILES string of the molecule is COc1cc([C@H]2[C@@H]3C(=O)N(c4ccc(C)cc4)C(=O)[C@H]3ON2c2ccccc2)c([N+](=O)[O-])cc1OC. The zero-order chi connectivity index (χ0) is 25.6. The summed E-state index contributed by atoms with van der Waals surface area (Å²) in [5.74, 6) is -1.64. The van der Waals surface area contributed by atoms with E-state index >= 15 is 0 Å². The molecule has 2 fully saturated rings. The number of nitro benzene ring substituents is 1. The average molecular weight is 489 g/mol. The molecule has 36 heavy (non-hydrogen) atoms. The molecule has 0 aliphatic carbocycles. The Balaban J connectivity index is 1.68. The van der Waals surface area contributed by atoms with Gasteiger partial charge in [0.25, 0.3) is 11.6 Å². The van der Waals surface area contributed by atoms with Gasteiger partial charge in [-0.05, 0) is 37.3 Å². The van der Waals surface area contributed by atoms with Crippen molar-refractivity contribution >= 4 is 28.9 Å². The van der Waals surface area contributed by atoms with Gasteiger partial charge in [0.15, 0.2) is 17.6 Å². The summed E-state index contributed by atoms with van der Waals surface area (Å²) < 4.78 is 10.7. The van der Waals surface area contributed by atoms with Gasteiger partial charge in [-0.1, -0.05) is 35.9 Å². The Morgan fingerprint density at radius 2 is 1.53 bits per heavy atom. The third-order valence-electron chi connectivity index (χ3n) is 6.47. The highest BCUT2D eigenvalue weighted by Gasteiger charge is 2.61. The first-order valence-corrected chi connectivity index (χ1v) is 11.2. The highest BCUT2D eigenvalue weighted by molar-refractivity contribution is 6.24. The van der Waals surface area contributed by atoms with Gasteiger partial charge in [0.2, 0.25) is 5.91 Å². The molecule has 0 unspecified atom stereocenters. The molecule has 0 spiro atoms. The summed E-state index contributed by atoms with van der Waals surface area (Å²) in [6, 6.07) is 17.6. The van der Waals surface area contributed by atoms with Gasteiger partial charge in [-0.3, -0.25) is 24.5 Å². The summed E-state index contributed by atoms with van der Waals surface area (Å²) >= 11 is 0. The number of hydrogen-bond donors (Lipinski definition) is 0. The number of fused-ring (bicyclic) bond motifs is 1. The number of para-hydroxylation sites is 1. The molecular weight excluding hydrogens is 466 g/mol. The molecule has 0 radical (unpaired) electrons. The van der Waals surface area contributed by atoms with Crippen molar-refractivity contribution in [2.45, 2.75) is 19.1 Å². The number of carbonyl (C=O) groups is 2. The number of nitrogens with zero attached hydrogens (tertiary/aromatic N) is 3. The number of nitro groups is 1. The summed E-state index contributed by atoms with van der Waals surface area (Å²) in [6.45, 7) is 1.90. The summed E-state index contributed by atoms with van der Waals surface area (Å²) in [4.78, 5) is 46.0. The van der Waals surface area contributed by atoms with Gasteiger partial charge >= 0.3 is 0 Å². The van der Waals surface area contributed by atoms with Crippen LogP contribution in [0.1, 0.15) is 17.2 Å². The molecule has 2 aliphatic heterocycles. The fraction of sp³-hybridized carbons (Fsp3) is 0.231. The second-order valence-corrected chi connectivity index (χ2v) is 8.53. The minimum absolute atomic E-state index is 0.168. The standard InChI is InChI=1S/C26H23N3O7/c1-15-9-11-16(12-10-15)27-25(30)22-23(18-13-20(34-2)21(35-3)14-19(18)29(32)33)28(36-24(22)26(27)31)17-7-5-4-6-8-17/h4-14,22-24H,1-3H3/t22-,23-,24-/m0/s1. The van der Waals surface area contributed by atoms with Crippen molar-refractivity contribution in [3.8, 4) is 11.5 Å². The monoisotopic (exact) mass is 489 g/mol. The maximum atomic E-state index is 13.8. The van der Waals surface area contributed by atoms with E-state index in [-0.39, 0.29) is 22.7 Å². The molecule has 0 saturated carbocycles. The molecule has 10 nitrogen and oxygen atoms in total. The molecule has 0 aromatic heterocycles. The summed E-state index contributed by atoms with van der Waals surface area (Å²) in [6.07, 6.45) is -1.16. The van der Waals surface area contributed by atoms with E-state index in [1.54, 1.807) is 48.5 Å². The van der Waals surface area contributed by atoms with Crippen molar-refractivity contribution in [3.05, 3.63) is 88.0 Å². The molecule has 10 heteroatoms. The first-order valence-electron chi connectivity index (χ1n) is 11.2. The minimum Gasteiger partial charge on any atom is -0.493 e. The first kappa shape index (κ1) is 23.3. The van der Waals surface area contributed by atoms with Gasteiger partial charge in [-0.25, -0.2) is 9.96 Å². The van der Waals surface area contributed by atoms with E-state index in [4.69, 9.17) is 14.3 Å². The Hall–Kier alpha value is -4.44. The molecule has 2 saturated heterocycles. The summed E-state index contributed by atoms with van der Waals surface area (Å²) in [5.41, 5.74) is 1.82. The average Bonchev–Trinajstić information content (AvgIpc) is 3.40. The topological polar surface area (TPSA) is 111 Å². The van der Waals surface area contributed by atoms with Crippen molar-refractivity contribution in [3.63, 3.8) is 0 Å². The molecule has 3 aromatic rings. The molecule has 5 rings (SSSR count). The number of hydrogen-bond acceptors (Lipinski definition) is 8. The Kier molecular flexibility index (Phi) is 5.81. The second kappa shape index (κ2) is 8.97. The van der Waals surface area contributed by atoms with Crippen molar-refractivity contribution in [2.75, 3.05) is 24.2 Å². The Morgan fingerprint density at radius 3 is 2.14 bits per heavy atom. The number of methoxy groups -OCH3 is 2. The van der Waals surface area contributed by atoms with Crippen LogP contribution in [0.25, 0.3) is 0 Å². The van der Waals surface area contributed by atoms with E-state index < -0.39 is 34.8 Å². The Labute approximate surface area is 206 Å². The van der Waals surface area contributed by atoms with Gasteiger partial charge in [0.05, 0.1) is 42.1 Å². The molecular formula is C26H23N3O7. The number of hydroxylamine groups is 1. The van der Waals surface area contributed by atoms with E-state index in [1.165, 1.54) is 31.4 Å². The van der Waals surface area contributed by atoms with Crippen LogP contribution in [0.4, 0.5) is 17.1 Å². The number of rotatable bonds is 6. The van der Waals surface area contributed by atoms with Crippen molar-refractivity contribution in [1.29, 1.82) is 0 Å². The second-order valence-electron chi connectivity index (χ2n) is 8.53. The molecule has 0 bridgehead atoms. The maximum absolute atomic E-state index is 13.8. The van der Waals surface area contributed by atoms with Crippen LogP contribution in [0.2, 0.25) is 0 Å². The quantitative estimate of drug-likeness (QED) is 0.291. The molecule has 2 aliphatic rings. The van der Waals surface area contributed by atoms with Crippen LogP contribution in [0, 0.1) is 23.0 Å². The number of aryl methyl sites for hydroxylation is 1. The smallest absolute Gasteiger partial charge is 0.278 e. The molecule has 2 amide bonds. The van der Waals surface area contributed by atoms with Crippen molar-refractivity contribution < 1.29 is 28.8 Å². The zero-order valence-electron chi connectivity index (χ0n) is 19.8. The lowest BCUT2D eigenvalue weighted by Crippen LogP contribution is -2.37. The zero-order valence-corrected chi connectivity index (χ0v) is 19.8. The normalized spacial score (nSPS) is 21.0. The van der Waals surface area contributed by atoms with E-state index in [2.05, 4.69) is 0 Å². The number of carbonyl (C=O) groups excluding carboxylic acids is 2. The maximum Gasteiger partial charge on any atom is 0.278 e. The summed E-state index contributed by atoms with van der Waals surface area (Å²) in [5, 5.41) is 13.5. The Bertz CT molecular complexity index is 1340. The Morgan fingerprint density at radius 1 is 0.889 bits per heavy atom. The predicted octanol–water partition coefficient (Wildman–Crippen LogP) is 3.97. The molecule has 3 aromatic carbocycles. The van der Waals surface area contributed by atoms with Gasteiger partial charge in [0.1, 0.15) is 12.0 Å². The van der Waals surface area contributed by atoms with Crippen LogP contribution in [-0.2, 0) is 14.4 Å². The van der Waals surface area contributed by atoms with Crippen LogP contribution in [0.5, 0.6) is 11.5 Å². The fourth-order valence-electron chi connectivity index (χ4n) is 4.76. The van der Waals surface area contributed by atoms with Crippen molar-refractivity contribution in [1.82, 2.24) is 0 Å². The van der Waals surface area contributed by atoms with Crippen LogP contribution >= 0.6 is 0 Å². The van der Waals surface area contributed by atoms with E-state index in [1.807, 2.05) is 13.0 Å². The third kappa shape index (κ3) is 3.62. The lowest BCUT2D eigenvalue weighted by atomic mass is 9.89. The van der Waals surface area contributed by atoms with Crippen LogP contribution in [0.15, 0.2) is 66.7 Å². The van der Waals surface area contributed by atoms with Crippen LogP contribution in [0.3, 0.4) is 0 Å². The lowest BCUT2D eigenvalue weighted by molar-refractivity contribution is -0.385. The molecule has 0 N–H and O–H groups in total. The van der Waals surface area contributed by atoms with E-state index in [9.17, 15) is 19.7 Å². The number of anilines is 2. The van der Waals surface area contributed by atoms with E-state index in [0.717, 1.165) is 10.5 Å². The summed E-state index contributed by atoms with van der Waals surface area (Å²) in [7, 11) is 2.80. The fourth-order valence-corrected chi connectivity index (χ4v) is 4.76. The lowest BCUT2D eigenvalue weighted by Gasteiger charge is -2.29. The third-order valence-corrected chi connectivity index (χ3v) is 6.47. The minimum atomic E-state index is -1.16. The van der Waals surface area contributed by atoms with Crippen molar-refractivity contribution in [2.24, 2.45) is 5.92 Å². The van der Waals surface area contributed by atoms with E-state index in [0.29, 0.717) is 11.4 Å². The van der Waals surface area contributed by atoms with Crippen LogP contribution < -0.4 is 19.4 Å². The molecule has 3 atom stereocenters. The highest BCUT2D eigenvalue weighted by atomic mass is 16.7. The van der Waals surface area contributed by atoms with Gasteiger partial charge < -0.3 is 9.47 Å². The number of amides is 2. The first-order chi connectivity index (χ1) is 17.3. The van der Waals surface area contributed by atoms with Crippen LogP contribution in [-0.4, -0.2) is 37.1 Å². The molecule has 184 valence electrons. The predicted molar refractivity (Wildman–Crippen MR) is 130 cm³/mol. The number of imide groups is 1. The highest BCUT2D eigenvalue weighted by Crippen LogP contribution is 2.51. The van der Waals surface area contributed by atoms with Gasteiger partial charge in [0, 0.05) is 0 Å². The largest absolute Gasteiger partial charge is 0.493 e. The molecule has 2 heterocycles. The number of benzene rings is 3.